The molecular formula is C19H20FN7O3. The summed E-state index contributed by atoms with van der Waals surface area (Å²) >= 11 is 0. The van der Waals surface area contributed by atoms with Crippen molar-refractivity contribution in [3.8, 4) is 11.1 Å². The van der Waals surface area contributed by atoms with Crippen molar-refractivity contribution >= 4 is 29.8 Å². The molecule has 2 amide bonds. The molecule has 3 rings (SSSR count). The lowest BCUT2D eigenvalue weighted by Gasteiger charge is -2.17. The summed E-state index contributed by atoms with van der Waals surface area (Å²) in [5, 5.41) is 9.06. The number of halogens is 1. The lowest BCUT2D eigenvalue weighted by atomic mass is 10.0. The molecule has 1 atom stereocenters. The molecule has 3 N–H and O–H groups in total. The maximum atomic E-state index is 14.9. The number of carbonyl (C=O) groups is 2. The number of anilines is 1. The molecule has 0 aliphatic carbocycles. The highest BCUT2D eigenvalue weighted by Gasteiger charge is 2.33. The van der Waals surface area contributed by atoms with E-state index in [1.807, 2.05) is 0 Å². The molecular weight excluding hydrogens is 393 g/mol. The number of nitrogens with one attached hydrogen (secondary N) is 1. The third-order valence-corrected chi connectivity index (χ3v) is 4.40. The maximum absolute atomic E-state index is 14.9. The van der Waals surface area contributed by atoms with Crippen LogP contribution in [0.1, 0.15) is 12.5 Å². The molecule has 2 heterocycles. The Hall–Kier alpha value is -3.89. The normalized spacial score (nSPS) is 16.4. The summed E-state index contributed by atoms with van der Waals surface area (Å²) in [5.74, 6) is 4.52. The Morgan fingerprint density at radius 1 is 1.47 bits per heavy atom. The van der Waals surface area contributed by atoms with E-state index in [1.54, 1.807) is 25.1 Å². The average Bonchev–Trinajstić information content (AvgIpc) is 3.09. The molecule has 0 saturated carbocycles. The number of pyridine rings is 1. The summed E-state index contributed by atoms with van der Waals surface area (Å²) in [6.07, 6.45) is 1.55. The number of amides is 2. The van der Waals surface area contributed by atoms with Gasteiger partial charge in [0, 0.05) is 24.2 Å². The number of aryl methyl sites for hydroxylation is 1. The number of hydrogen-bond acceptors (Lipinski definition) is 6. The molecule has 1 aliphatic heterocycles. The molecule has 0 bridgehead atoms. The Balaban J connectivity index is 1.80. The highest BCUT2D eigenvalue weighted by atomic mass is 19.1. The number of hydrogen-bond donors (Lipinski definition) is 2. The van der Waals surface area contributed by atoms with Crippen LogP contribution in [0.15, 0.2) is 45.8 Å². The molecule has 11 heteroatoms. The van der Waals surface area contributed by atoms with E-state index in [0.717, 1.165) is 6.34 Å². The lowest BCUT2D eigenvalue weighted by molar-refractivity contribution is -0.119. The average molecular weight is 413 g/mol. The van der Waals surface area contributed by atoms with Crippen LogP contribution < -0.4 is 16.1 Å². The molecule has 156 valence electrons. The number of aromatic nitrogens is 1. The Morgan fingerprint density at radius 3 is 2.93 bits per heavy atom. The minimum atomic E-state index is -0.584. The molecule has 1 fully saturated rings. The smallest absolute Gasteiger partial charge is 0.414 e. The van der Waals surface area contributed by atoms with Gasteiger partial charge < -0.3 is 15.9 Å². The zero-order valence-corrected chi connectivity index (χ0v) is 16.4. The van der Waals surface area contributed by atoms with Crippen molar-refractivity contribution in [3.05, 3.63) is 41.8 Å². The van der Waals surface area contributed by atoms with Crippen molar-refractivity contribution in [1.29, 1.82) is 0 Å². The predicted octanol–water partition coefficient (Wildman–Crippen LogP) is 2.64. The molecule has 2 aromatic rings. The summed E-state index contributed by atoms with van der Waals surface area (Å²) in [6, 6.07) is 6.21. The topological polar surface area (TPSA) is 135 Å². The second-order valence-corrected chi connectivity index (χ2v) is 6.55. The Bertz CT molecular complexity index is 1010. The number of cyclic esters (lactones) is 1. The number of carbonyl (C=O) groups excluding carboxylic acids is 2. The number of rotatable bonds is 6. The van der Waals surface area contributed by atoms with E-state index in [-0.39, 0.29) is 19.0 Å². The quantitative estimate of drug-likeness (QED) is 0.247. The van der Waals surface area contributed by atoms with Crippen molar-refractivity contribution in [3.63, 3.8) is 0 Å². The molecule has 0 unspecified atom stereocenters. The highest BCUT2D eigenvalue weighted by Crippen LogP contribution is 2.32. The van der Waals surface area contributed by atoms with Crippen LogP contribution in [0.3, 0.4) is 0 Å². The van der Waals surface area contributed by atoms with Crippen LogP contribution in [0.4, 0.5) is 20.7 Å². The first kappa shape index (κ1) is 20.8. The van der Waals surface area contributed by atoms with Crippen molar-refractivity contribution in [2.45, 2.75) is 20.0 Å². The third-order valence-electron chi connectivity index (χ3n) is 4.40. The minimum Gasteiger partial charge on any atom is -0.442 e. The fourth-order valence-electron chi connectivity index (χ4n) is 3.00. The summed E-state index contributed by atoms with van der Waals surface area (Å²) in [6.45, 7) is 3.57. The summed E-state index contributed by atoms with van der Waals surface area (Å²) < 4.78 is 20.1. The van der Waals surface area contributed by atoms with Crippen LogP contribution >= 0.6 is 0 Å². The van der Waals surface area contributed by atoms with Crippen LogP contribution in [0.25, 0.3) is 11.1 Å². The van der Waals surface area contributed by atoms with Crippen LogP contribution in [-0.2, 0) is 9.53 Å². The van der Waals surface area contributed by atoms with Gasteiger partial charge in [0.1, 0.15) is 18.3 Å². The van der Waals surface area contributed by atoms with E-state index >= 15 is 0 Å². The lowest BCUT2D eigenvalue weighted by Crippen LogP contribution is -2.33. The fraction of sp³-hybridized carbons (Fsp3) is 0.263. The molecule has 1 saturated heterocycles. The first-order valence-electron chi connectivity index (χ1n) is 9.00. The van der Waals surface area contributed by atoms with E-state index in [9.17, 15) is 14.0 Å². The van der Waals surface area contributed by atoms with Crippen molar-refractivity contribution in [1.82, 2.24) is 10.3 Å². The standard InChI is InChI=1S/C19H20FN7O3/c1-11-5-15(13-3-4-18(23-7-13)24-10-25-26-21)16(20)6-17(11)27-9-14(30-19(27)29)8-22-12(2)28/h3-7,10,14H,8-9H2,1-2H3,(H,22,28)(H2,21,23,24,25)/t14-/m0/s1. The summed E-state index contributed by atoms with van der Waals surface area (Å²) in [4.78, 5) is 32.7. The first-order chi connectivity index (χ1) is 14.4. The Morgan fingerprint density at radius 2 is 2.27 bits per heavy atom. The van der Waals surface area contributed by atoms with Crippen LogP contribution in [-0.4, -0.2) is 42.5 Å². The van der Waals surface area contributed by atoms with Gasteiger partial charge in [0.05, 0.1) is 18.8 Å². The van der Waals surface area contributed by atoms with Gasteiger partial charge in [0.25, 0.3) is 0 Å². The third kappa shape index (κ3) is 4.74. The van der Waals surface area contributed by atoms with Crippen LogP contribution in [0, 0.1) is 12.7 Å². The van der Waals surface area contributed by atoms with E-state index in [2.05, 4.69) is 25.6 Å². The van der Waals surface area contributed by atoms with Gasteiger partial charge in [-0.3, -0.25) is 9.69 Å². The van der Waals surface area contributed by atoms with E-state index in [0.29, 0.717) is 28.2 Å². The van der Waals surface area contributed by atoms with E-state index in [4.69, 9.17) is 10.6 Å². The number of benzene rings is 1. The van der Waals surface area contributed by atoms with Gasteiger partial charge in [0.15, 0.2) is 5.82 Å². The van der Waals surface area contributed by atoms with Crippen molar-refractivity contribution in [2.75, 3.05) is 18.0 Å². The molecule has 1 aromatic carbocycles. The number of nitrogens with two attached hydrogens (primary N) is 1. The van der Waals surface area contributed by atoms with Crippen LogP contribution in [0.2, 0.25) is 0 Å². The molecule has 0 spiro atoms. The van der Waals surface area contributed by atoms with Crippen molar-refractivity contribution < 1.29 is 18.7 Å². The molecule has 30 heavy (non-hydrogen) atoms. The van der Waals surface area contributed by atoms with Crippen LogP contribution in [0.5, 0.6) is 0 Å². The Labute approximate surface area is 171 Å². The van der Waals surface area contributed by atoms with E-state index in [1.165, 1.54) is 24.1 Å². The van der Waals surface area contributed by atoms with Gasteiger partial charge in [-0.2, -0.15) is 0 Å². The van der Waals surface area contributed by atoms with Gasteiger partial charge >= 0.3 is 6.09 Å². The van der Waals surface area contributed by atoms with Gasteiger partial charge in [-0.1, -0.05) is 5.22 Å². The molecule has 1 aromatic heterocycles. The second kappa shape index (κ2) is 9.07. The zero-order chi connectivity index (χ0) is 21.7. The molecule has 0 radical (unpaired) electrons. The number of aliphatic imine (C=N–C) groups is 1. The SMILES string of the molecule is CC(=O)NC[C@H]1CN(c2cc(F)c(-c3ccc(N=CN=NN)nc3)cc2C)C(=O)O1. The number of nitrogens with zero attached hydrogens (tertiary/aromatic N) is 5. The fourth-order valence-corrected chi connectivity index (χ4v) is 3.00. The van der Waals surface area contributed by atoms with Crippen molar-refractivity contribution in [2.24, 2.45) is 21.2 Å². The van der Waals surface area contributed by atoms with Gasteiger partial charge in [-0.15, -0.1) is 5.11 Å². The minimum absolute atomic E-state index is 0.199. The van der Waals surface area contributed by atoms with E-state index < -0.39 is 18.0 Å². The van der Waals surface area contributed by atoms with Gasteiger partial charge in [-0.25, -0.2) is 19.2 Å². The Kier molecular flexibility index (Phi) is 6.30. The number of ether oxygens (including phenoxy) is 1. The zero-order valence-electron chi connectivity index (χ0n) is 16.4. The second-order valence-electron chi connectivity index (χ2n) is 6.55. The monoisotopic (exact) mass is 413 g/mol. The predicted molar refractivity (Wildman–Crippen MR) is 108 cm³/mol. The maximum Gasteiger partial charge on any atom is 0.414 e. The largest absolute Gasteiger partial charge is 0.442 e. The summed E-state index contributed by atoms with van der Waals surface area (Å²) in [5.41, 5.74) is 1.99. The first-order valence-corrected chi connectivity index (χ1v) is 9.00. The summed E-state index contributed by atoms with van der Waals surface area (Å²) in [7, 11) is 0. The van der Waals surface area contributed by atoms with Gasteiger partial charge in [0.2, 0.25) is 5.91 Å². The highest BCUT2D eigenvalue weighted by molar-refractivity contribution is 5.91. The molecule has 1 aliphatic rings. The van der Waals surface area contributed by atoms with Gasteiger partial charge in [-0.05, 0) is 36.8 Å². The molecule has 10 nitrogen and oxygen atoms in total.